The maximum atomic E-state index is 6.11. The highest BCUT2D eigenvalue weighted by atomic mass is 16.5. The first-order valence-corrected chi connectivity index (χ1v) is 6.93. The molecular weight excluding hydrogens is 238 g/mol. The van der Waals surface area contributed by atoms with E-state index in [0.29, 0.717) is 17.6 Å². The van der Waals surface area contributed by atoms with Gasteiger partial charge < -0.3 is 10.3 Å². The minimum absolute atomic E-state index is 0.0641. The first-order chi connectivity index (χ1) is 9.29. The van der Waals surface area contributed by atoms with Gasteiger partial charge in [0.1, 0.15) is 0 Å². The Morgan fingerprint density at radius 1 is 1.32 bits per heavy atom. The maximum absolute atomic E-state index is 6.11. The highest BCUT2D eigenvalue weighted by Gasteiger charge is 2.33. The third kappa shape index (κ3) is 2.54. The monoisotopic (exact) mass is 257 g/mol. The van der Waals surface area contributed by atoms with Gasteiger partial charge in [-0.2, -0.15) is 4.98 Å². The smallest absolute Gasteiger partial charge is 0.234 e. The second-order valence-electron chi connectivity index (χ2n) is 5.23. The molecule has 2 atom stereocenters. The fourth-order valence-electron chi connectivity index (χ4n) is 2.43. The summed E-state index contributed by atoms with van der Waals surface area (Å²) in [4.78, 5) is 4.52. The van der Waals surface area contributed by atoms with E-state index in [9.17, 15) is 0 Å². The first-order valence-electron chi connectivity index (χ1n) is 6.93. The van der Waals surface area contributed by atoms with Crippen LogP contribution in [0.15, 0.2) is 34.9 Å². The van der Waals surface area contributed by atoms with Crippen molar-refractivity contribution >= 4 is 0 Å². The number of nitrogens with two attached hydrogens (primary N) is 1. The number of aromatic nitrogens is 2. The fraction of sp³-hybridized carbons (Fsp3) is 0.467. The summed E-state index contributed by atoms with van der Waals surface area (Å²) in [6.45, 7) is 2.13. The lowest BCUT2D eigenvalue weighted by atomic mass is 9.96. The largest absolute Gasteiger partial charge is 0.339 e. The van der Waals surface area contributed by atoms with Crippen LogP contribution in [0.25, 0.3) is 0 Å². The zero-order chi connectivity index (χ0) is 13.2. The van der Waals surface area contributed by atoms with Crippen LogP contribution in [-0.4, -0.2) is 10.1 Å². The van der Waals surface area contributed by atoms with Crippen molar-refractivity contribution in [3.8, 4) is 0 Å². The molecule has 1 aromatic carbocycles. The third-order valence-electron chi connectivity index (χ3n) is 3.79. The quantitative estimate of drug-likeness (QED) is 0.894. The van der Waals surface area contributed by atoms with Crippen LogP contribution in [-0.2, 0) is 0 Å². The minimum atomic E-state index is -0.0641. The van der Waals surface area contributed by atoms with Crippen LogP contribution in [0.1, 0.15) is 55.4 Å². The molecule has 0 saturated heterocycles. The van der Waals surface area contributed by atoms with Crippen molar-refractivity contribution < 1.29 is 4.52 Å². The first kappa shape index (κ1) is 12.4. The zero-order valence-electron chi connectivity index (χ0n) is 11.1. The molecular formula is C15H19N3O. The van der Waals surface area contributed by atoms with Gasteiger partial charge in [0, 0.05) is 0 Å². The number of hydrogen-bond acceptors (Lipinski definition) is 4. The Morgan fingerprint density at radius 3 is 2.68 bits per heavy atom. The lowest BCUT2D eigenvalue weighted by Crippen LogP contribution is -2.14. The number of benzene rings is 1. The van der Waals surface area contributed by atoms with Gasteiger partial charge in [-0.3, -0.25) is 0 Å². The lowest BCUT2D eigenvalue weighted by molar-refractivity contribution is 0.354. The Balaban J connectivity index is 1.84. The van der Waals surface area contributed by atoms with E-state index in [1.54, 1.807) is 0 Å². The molecule has 4 heteroatoms. The predicted octanol–water partition coefficient (Wildman–Crippen LogP) is 3.02. The number of rotatable bonds is 5. The Hall–Kier alpha value is -1.68. The molecule has 1 aliphatic carbocycles. The van der Waals surface area contributed by atoms with E-state index in [-0.39, 0.29) is 12.0 Å². The van der Waals surface area contributed by atoms with Crippen molar-refractivity contribution in [1.29, 1.82) is 0 Å². The van der Waals surface area contributed by atoms with Gasteiger partial charge in [0.2, 0.25) is 5.89 Å². The summed E-state index contributed by atoms with van der Waals surface area (Å²) in [6, 6.07) is 10.2. The Labute approximate surface area is 113 Å². The lowest BCUT2D eigenvalue weighted by Gasteiger charge is -2.10. The molecule has 0 amide bonds. The zero-order valence-corrected chi connectivity index (χ0v) is 11.1. The van der Waals surface area contributed by atoms with Crippen LogP contribution in [0.3, 0.4) is 0 Å². The van der Waals surface area contributed by atoms with Crippen LogP contribution >= 0.6 is 0 Å². The Morgan fingerprint density at radius 2 is 2.05 bits per heavy atom. The molecule has 1 fully saturated rings. The standard InChI is InChI=1S/C15H19N3O/c1-2-12(10-6-4-3-5-7-10)15-17-14(18-19-15)13(16)11-8-9-11/h3-7,11-13H,2,8-9,16H2,1H3. The van der Waals surface area contributed by atoms with Gasteiger partial charge in [0.05, 0.1) is 12.0 Å². The van der Waals surface area contributed by atoms with Crippen LogP contribution in [0.2, 0.25) is 0 Å². The summed E-state index contributed by atoms with van der Waals surface area (Å²) < 4.78 is 5.43. The molecule has 1 aliphatic rings. The van der Waals surface area contributed by atoms with Gasteiger partial charge in [-0.05, 0) is 30.7 Å². The second-order valence-corrected chi connectivity index (χ2v) is 5.23. The van der Waals surface area contributed by atoms with E-state index in [2.05, 4.69) is 29.2 Å². The van der Waals surface area contributed by atoms with Gasteiger partial charge in [-0.15, -0.1) is 0 Å². The van der Waals surface area contributed by atoms with Crippen molar-refractivity contribution in [3.63, 3.8) is 0 Å². The molecule has 0 aliphatic heterocycles. The second kappa shape index (κ2) is 5.13. The molecule has 1 aromatic heterocycles. The highest BCUT2D eigenvalue weighted by molar-refractivity contribution is 5.24. The molecule has 1 heterocycles. The molecule has 2 aromatic rings. The van der Waals surface area contributed by atoms with Gasteiger partial charge in [0.25, 0.3) is 0 Å². The van der Waals surface area contributed by atoms with E-state index < -0.39 is 0 Å². The maximum Gasteiger partial charge on any atom is 0.234 e. The molecule has 19 heavy (non-hydrogen) atoms. The van der Waals surface area contributed by atoms with Gasteiger partial charge in [-0.25, -0.2) is 0 Å². The van der Waals surface area contributed by atoms with Crippen LogP contribution in [0.5, 0.6) is 0 Å². The molecule has 100 valence electrons. The average Bonchev–Trinajstić information content (AvgIpc) is 3.19. The van der Waals surface area contributed by atoms with E-state index in [1.165, 1.54) is 18.4 Å². The summed E-state index contributed by atoms with van der Waals surface area (Å²) in [7, 11) is 0. The summed E-state index contributed by atoms with van der Waals surface area (Å²) in [5.41, 5.74) is 7.32. The van der Waals surface area contributed by atoms with Crippen LogP contribution in [0, 0.1) is 5.92 Å². The topological polar surface area (TPSA) is 64.9 Å². The fourth-order valence-corrected chi connectivity index (χ4v) is 2.43. The van der Waals surface area contributed by atoms with Crippen molar-refractivity contribution in [2.45, 2.75) is 38.1 Å². The SMILES string of the molecule is CCC(c1ccccc1)c1nc(C(N)C2CC2)no1. The molecule has 1 saturated carbocycles. The summed E-state index contributed by atoms with van der Waals surface area (Å²) >= 11 is 0. The van der Waals surface area contributed by atoms with E-state index in [1.807, 2.05) is 18.2 Å². The van der Waals surface area contributed by atoms with E-state index >= 15 is 0 Å². The van der Waals surface area contributed by atoms with Crippen molar-refractivity contribution in [2.24, 2.45) is 11.7 Å². The third-order valence-corrected chi connectivity index (χ3v) is 3.79. The normalized spacial score (nSPS) is 18.2. The minimum Gasteiger partial charge on any atom is -0.339 e. The molecule has 3 rings (SSSR count). The van der Waals surface area contributed by atoms with Gasteiger partial charge >= 0.3 is 0 Å². The van der Waals surface area contributed by atoms with Crippen LogP contribution in [0.4, 0.5) is 0 Å². The molecule has 4 nitrogen and oxygen atoms in total. The van der Waals surface area contributed by atoms with Crippen LogP contribution < -0.4 is 5.73 Å². The molecule has 2 N–H and O–H groups in total. The summed E-state index contributed by atoms with van der Waals surface area (Å²) in [5, 5.41) is 4.06. The predicted molar refractivity (Wildman–Crippen MR) is 72.5 cm³/mol. The molecule has 0 radical (unpaired) electrons. The Bertz CT molecular complexity index is 533. The Kier molecular flexibility index (Phi) is 3.34. The van der Waals surface area contributed by atoms with E-state index in [4.69, 9.17) is 10.3 Å². The van der Waals surface area contributed by atoms with Crippen molar-refractivity contribution in [3.05, 3.63) is 47.6 Å². The molecule has 0 spiro atoms. The summed E-state index contributed by atoms with van der Waals surface area (Å²) in [5.74, 6) is 2.04. The van der Waals surface area contributed by atoms with E-state index in [0.717, 1.165) is 6.42 Å². The molecule has 2 unspecified atom stereocenters. The number of hydrogen-bond donors (Lipinski definition) is 1. The van der Waals surface area contributed by atoms with Gasteiger partial charge in [-0.1, -0.05) is 42.4 Å². The highest BCUT2D eigenvalue weighted by Crippen LogP contribution is 2.39. The van der Waals surface area contributed by atoms with Gasteiger partial charge in [0.15, 0.2) is 5.82 Å². The number of nitrogens with zero attached hydrogens (tertiary/aromatic N) is 2. The van der Waals surface area contributed by atoms with Crippen molar-refractivity contribution in [2.75, 3.05) is 0 Å². The van der Waals surface area contributed by atoms with Crippen molar-refractivity contribution in [1.82, 2.24) is 10.1 Å². The molecule has 0 bridgehead atoms. The average molecular weight is 257 g/mol. The summed E-state index contributed by atoms with van der Waals surface area (Å²) in [6.07, 6.45) is 3.30.